The van der Waals surface area contributed by atoms with Crippen molar-refractivity contribution in [2.24, 2.45) is 5.73 Å². The summed E-state index contributed by atoms with van der Waals surface area (Å²) in [5, 5.41) is 4.37. The fourth-order valence-corrected chi connectivity index (χ4v) is 4.58. The van der Waals surface area contributed by atoms with Crippen molar-refractivity contribution in [3.05, 3.63) is 63.9 Å². The monoisotopic (exact) mass is 502 g/mol. The lowest BCUT2D eigenvalue weighted by Gasteiger charge is -2.12. The molecule has 0 saturated carbocycles. The number of hydrogen-bond donors (Lipinski definition) is 2. The van der Waals surface area contributed by atoms with Crippen molar-refractivity contribution in [2.45, 2.75) is 6.54 Å². The molecule has 174 valence electrons. The minimum absolute atomic E-state index is 0.113. The highest BCUT2D eigenvalue weighted by Crippen LogP contribution is 2.36. The molecule has 9 nitrogen and oxygen atoms in total. The van der Waals surface area contributed by atoms with Crippen molar-refractivity contribution >= 4 is 56.7 Å². The Morgan fingerprint density at radius 3 is 2.59 bits per heavy atom. The van der Waals surface area contributed by atoms with Crippen molar-refractivity contribution < 1.29 is 28.2 Å². The summed E-state index contributed by atoms with van der Waals surface area (Å²) < 4.78 is 26.3. The maximum Gasteiger partial charge on any atom is 0.348 e. The number of esters is 2. The molecule has 0 aliphatic rings. The summed E-state index contributed by atoms with van der Waals surface area (Å²) in [5.41, 5.74) is 11.6. The Kier molecular flexibility index (Phi) is 6.22. The van der Waals surface area contributed by atoms with E-state index in [1.807, 2.05) is 0 Å². The van der Waals surface area contributed by atoms with Crippen LogP contribution in [0, 0.1) is 5.82 Å². The molecule has 0 bridgehead atoms. The summed E-state index contributed by atoms with van der Waals surface area (Å²) in [5.74, 6) is -3.29. The Hall–Kier alpha value is -3.96. The number of thiophene rings is 1. The molecule has 0 spiro atoms. The number of methoxy groups -OCH3 is 1. The first kappa shape index (κ1) is 23.2. The molecular weight excluding hydrogens is 487 g/mol. The molecule has 2 aromatic heterocycles. The molecule has 0 fully saturated rings. The van der Waals surface area contributed by atoms with Gasteiger partial charge < -0.3 is 20.9 Å². The van der Waals surface area contributed by atoms with Crippen LogP contribution < -0.4 is 16.2 Å². The molecule has 0 atom stereocenters. The molecule has 4 aromatic rings. The topological polar surface area (TPSA) is 140 Å². The molecule has 1 amide bonds. The summed E-state index contributed by atoms with van der Waals surface area (Å²) in [6.45, 7) is -0.464. The van der Waals surface area contributed by atoms with Gasteiger partial charge in [0, 0.05) is 16.1 Å². The van der Waals surface area contributed by atoms with E-state index in [0.717, 1.165) is 16.0 Å². The van der Waals surface area contributed by atoms with Crippen LogP contribution in [0.15, 0.2) is 42.5 Å². The molecule has 0 aliphatic heterocycles. The van der Waals surface area contributed by atoms with Gasteiger partial charge >= 0.3 is 11.9 Å². The number of amides is 1. The van der Waals surface area contributed by atoms with Crippen LogP contribution in [0.4, 0.5) is 10.1 Å². The maximum atomic E-state index is 14.9. The third-order valence-corrected chi connectivity index (χ3v) is 6.29. The quantitative estimate of drug-likeness (QED) is 0.233. The van der Waals surface area contributed by atoms with Gasteiger partial charge in [0.2, 0.25) is 0 Å². The van der Waals surface area contributed by atoms with E-state index in [2.05, 4.69) is 9.84 Å². The molecule has 2 heterocycles. The molecule has 0 saturated heterocycles. The van der Waals surface area contributed by atoms with Crippen LogP contribution in [0.5, 0.6) is 5.75 Å². The van der Waals surface area contributed by atoms with Crippen molar-refractivity contribution in [1.82, 2.24) is 9.78 Å². The molecule has 34 heavy (non-hydrogen) atoms. The number of aromatic nitrogens is 2. The first-order valence-electron chi connectivity index (χ1n) is 9.63. The Balaban J connectivity index is 1.61. The van der Waals surface area contributed by atoms with Crippen LogP contribution in [0.2, 0.25) is 5.02 Å². The highest BCUT2D eigenvalue weighted by Gasteiger charge is 2.23. The number of halogens is 2. The third kappa shape index (κ3) is 4.18. The zero-order chi connectivity index (χ0) is 24.6. The fraction of sp³-hybridized carbons (Fsp3) is 0.0909. The zero-order valence-corrected chi connectivity index (χ0v) is 19.1. The predicted molar refractivity (Wildman–Crippen MR) is 124 cm³/mol. The van der Waals surface area contributed by atoms with Crippen LogP contribution >= 0.6 is 22.9 Å². The van der Waals surface area contributed by atoms with Crippen molar-refractivity contribution in [2.75, 3.05) is 12.8 Å². The minimum atomic E-state index is -0.845. The van der Waals surface area contributed by atoms with Gasteiger partial charge in [-0.15, -0.1) is 11.3 Å². The van der Waals surface area contributed by atoms with Gasteiger partial charge in [-0.2, -0.15) is 5.10 Å². The molecule has 0 radical (unpaired) electrons. The number of benzene rings is 2. The van der Waals surface area contributed by atoms with Crippen LogP contribution in [0.1, 0.15) is 20.2 Å². The smallest absolute Gasteiger partial charge is 0.348 e. The second-order valence-electron chi connectivity index (χ2n) is 6.98. The highest BCUT2D eigenvalue weighted by molar-refractivity contribution is 7.21. The van der Waals surface area contributed by atoms with E-state index in [1.165, 1.54) is 25.3 Å². The SMILES string of the molecule is COC(=O)c1cc2c(s1)c(C(N)=O)nn2CC(=O)Oc1ccc(-c2ccccc2Cl)c(F)c1N. The molecule has 4 N–H and O–H groups in total. The van der Waals surface area contributed by atoms with Gasteiger partial charge in [0.1, 0.15) is 17.1 Å². The van der Waals surface area contributed by atoms with Crippen LogP contribution in [-0.4, -0.2) is 34.7 Å². The lowest BCUT2D eigenvalue weighted by Crippen LogP contribution is -2.19. The molecule has 2 aromatic carbocycles. The number of rotatable bonds is 6. The summed E-state index contributed by atoms with van der Waals surface area (Å²) in [6.07, 6.45) is 0. The first-order valence-corrected chi connectivity index (χ1v) is 10.8. The maximum absolute atomic E-state index is 14.9. The van der Waals surface area contributed by atoms with E-state index in [4.69, 9.17) is 27.8 Å². The molecule has 12 heteroatoms. The number of ether oxygens (including phenoxy) is 2. The number of hydrogen-bond acceptors (Lipinski definition) is 8. The number of carbonyl (C=O) groups is 3. The Labute approximate surface area is 200 Å². The van der Waals surface area contributed by atoms with Gasteiger partial charge in [-0.25, -0.2) is 14.0 Å². The van der Waals surface area contributed by atoms with Crippen LogP contribution in [0.3, 0.4) is 0 Å². The molecule has 0 aliphatic carbocycles. The number of nitrogens with two attached hydrogens (primary N) is 2. The first-order chi connectivity index (χ1) is 16.2. The van der Waals surface area contributed by atoms with Crippen molar-refractivity contribution in [3.8, 4) is 16.9 Å². The number of anilines is 1. The summed E-state index contributed by atoms with van der Waals surface area (Å²) >= 11 is 7.09. The fourth-order valence-electron chi connectivity index (χ4n) is 3.27. The van der Waals surface area contributed by atoms with E-state index in [9.17, 15) is 18.8 Å². The lowest BCUT2D eigenvalue weighted by molar-refractivity contribution is -0.135. The average molecular weight is 503 g/mol. The van der Waals surface area contributed by atoms with E-state index < -0.39 is 30.2 Å². The number of nitrogen functional groups attached to an aromatic ring is 1. The van der Waals surface area contributed by atoms with Gasteiger partial charge in [-0.05, 0) is 24.3 Å². The van der Waals surface area contributed by atoms with Gasteiger partial charge in [-0.3, -0.25) is 9.48 Å². The van der Waals surface area contributed by atoms with E-state index in [0.29, 0.717) is 20.8 Å². The number of carbonyl (C=O) groups excluding carboxylic acids is 3. The normalized spacial score (nSPS) is 10.9. The average Bonchev–Trinajstić information content (AvgIpc) is 3.38. The Morgan fingerprint density at radius 2 is 1.91 bits per heavy atom. The standard InChI is InChI=1S/C22H16ClFN4O5S/c1-32-22(31)15-8-13-20(34-15)19(21(26)30)27-28(13)9-16(29)33-14-7-6-11(17(24)18(14)25)10-4-2-3-5-12(10)23/h2-8H,9,25H2,1H3,(H2,26,30). The number of nitrogens with zero attached hydrogens (tertiary/aromatic N) is 2. The van der Waals surface area contributed by atoms with E-state index >= 15 is 0 Å². The molecular formula is C22H16ClFN4O5S. The van der Waals surface area contributed by atoms with Crippen molar-refractivity contribution in [3.63, 3.8) is 0 Å². The van der Waals surface area contributed by atoms with Gasteiger partial charge in [-0.1, -0.05) is 29.8 Å². The lowest BCUT2D eigenvalue weighted by atomic mass is 10.0. The van der Waals surface area contributed by atoms with Crippen LogP contribution in [0.25, 0.3) is 21.3 Å². The number of primary amides is 1. The van der Waals surface area contributed by atoms with E-state index in [1.54, 1.807) is 24.3 Å². The minimum Gasteiger partial charge on any atom is -0.465 e. The molecule has 4 rings (SSSR count). The largest absolute Gasteiger partial charge is 0.465 e. The summed E-state index contributed by atoms with van der Waals surface area (Å²) in [6, 6.07) is 10.8. The second-order valence-corrected chi connectivity index (χ2v) is 8.44. The number of fused-ring (bicyclic) bond motifs is 1. The Morgan fingerprint density at radius 1 is 1.18 bits per heavy atom. The van der Waals surface area contributed by atoms with Gasteiger partial charge in [0.25, 0.3) is 5.91 Å². The van der Waals surface area contributed by atoms with Crippen molar-refractivity contribution in [1.29, 1.82) is 0 Å². The Bertz CT molecular complexity index is 1470. The predicted octanol–water partition coefficient (Wildman–Crippen LogP) is 3.63. The van der Waals surface area contributed by atoms with Crippen LogP contribution in [-0.2, 0) is 16.1 Å². The molecule has 0 unspecified atom stereocenters. The van der Waals surface area contributed by atoms with Gasteiger partial charge in [0.05, 0.1) is 17.3 Å². The third-order valence-electron chi connectivity index (χ3n) is 4.85. The summed E-state index contributed by atoms with van der Waals surface area (Å²) in [7, 11) is 1.21. The highest BCUT2D eigenvalue weighted by atomic mass is 35.5. The second kappa shape index (κ2) is 9.12. The summed E-state index contributed by atoms with van der Waals surface area (Å²) in [4.78, 5) is 36.4. The van der Waals surface area contributed by atoms with Gasteiger partial charge in [0.15, 0.2) is 17.3 Å². The van der Waals surface area contributed by atoms with E-state index in [-0.39, 0.29) is 27.6 Å². The zero-order valence-electron chi connectivity index (χ0n) is 17.5.